The molecule has 232 valence electrons. The van der Waals surface area contributed by atoms with E-state index in [2.05, 4.69) is 77.6 Å². The van der Waals surface area contributed by atoms with Gasteiger partial charge in [0.05, 0.1) is 35.8 Å². The van der Waals surface area contributed by atoms with Crippen LogP contribution in [0, 0.1) is 6.92 Å². The highest BCUT2D eigenvalue weighted by Crippen LogP contribution is 2.43. The summed E-state index contributed by atoms with van der Waals surface area (Å²) in [6.45, 7) is 6.49. The maximum atomic E-state index is 13.9. The van der Waals surface area contributed by atoms with Gasteiger partial charge in [-0.25, -0.2) is 4.98 Å². The molecule has 0 saturated heterocycles. The van der Waals surface area contributed by atoms with Gasteiger partial charge in [-0.05, 0) is 98.3 Å². The first kappa shape index (κ1) is 33.4. The number of rotatable bonds is 9. The van der Waals surface area contributed by atoms with Gasteiger partial charge in [0.1, 0.15) is 12.4 Å². The van der Waals surface area contributed by atoms with E-state index < -0.39 is 0 Å². The second kappa shape index (κ2) is 14.2. The van der Waals surface area contributed by atoms with E-state index in [9.17, 15) is 4.79 Å². The van der Waals surface area contributed by atoms with Crippen molar-refractivity contribution >= 4 is 80.8 Å². The standard InChI is InChI=1S/C34H29Br4N3O4/c1-18(2)24-15-25(19(3)12-28(24)43-4)33-40-27-9-7-6-8-23(27)34(42)41(33)39-16-21-13-29(44-5)32(31(38)30(21)37)45-17-20-10-11-22(35)14-26(20)36/h6-16,18H,17H2,1-5H3. The second-order valence-corrected chi connectivity index (χ2v) is 13.9. The molecule has 0 saturated carbocycles. The summed E-state index contributed by atoms with van der Waals surface area (Å²) < 4.78 is 22.1. The van der Waals surface area contributed by atoms with E-state index in [-0.39, 0.29) is 11.5 Å². The first-order valence-electron chi connectivity index (χ1n) is 13.9. The average molecular weight is 863 g/mol. The minimum absolute atomic E-state index is 0.190. The summed E-state index contributed by atoms with van der Waals surface area (Å²) in [5.74, 6) is 2.43. The Morgan fingerprint density at radius 3 is 2.36 bits per heavy atom. The van der Waals surface area contributed by atoms with Crippen molar-refractivity contribution in [1.82, 2.24) is 9.66 Å². The average Bonchev–Trinajstić information content (AvgIpc) is 3.02. The lowest BCUT2D eigenvalue weighted by Gasteiger charge is -2.18. The fourth-order valence-corrected chi connectivity index (χ4v) is 6.96. The van der Waals surface area contributed by atoms with E-state index in [0.29, 0.717) is 49.3 Å². The molecule has 1 aromatic heterocycles. The van der Waals surface area contributed by atoms with Crippen molar-refractivity contribution in [2.45, 2.75) is 33.3 Å². The summed E-state index contributed by atoms with van der Waals surface area (Å²) in [7, 11) is 3.24. The third kappa shape index (κ3) is 6.91. The van der Waals surface area contributed by atoms with Gasteiger partial charge in [0.2, 0.25) is 0 Å². The van der Waals surface area contributed by atoms with Gasteiger partial charge < -0.3 is 14.2 Å². The Hall–Kier alpha value is -2.99. The summed E-state index contributed by atoms with van der Waals surface area (Å²) in [4.78, 5) is 18.8. The molecule has 0 aliphatic carbocycles. The molecule has 0 aliphatic rings. The molecule has 0 bridgehead atoms. The number of hydrogen-bond acceptors (Lipinski definition) is 6. The van der Waals surface area contributed by atoms with Crippen molar-refractivity contribution in [3.8, 4) is 28.6 Å². The first-order chi connectivity index (χ1) is 21.5. The van der Waals surface area contributed by atoms with Crippen molar-refractivity contribution in [3.63, 3.8) is 0 Å². The van der Waals surface area contributed by atoms with Gasteiger partial charge in [0, 0.05) is 30.1 Å². The van der Waals surface area contributed by atoms with E-state index in [4.69, 9.17) is 24.3 Å². The van der Waals surface area contributed by atoms with Crippen molar-refractivity contribution in [1.29, 1.82) is 0 Å². The molecular formula is C34H29Br4N3O4. The molecule has 0 unspecified atom stereocenters. The molecule has 0 N–H and O–H groups in total. The van der Waals surface area contributed by atoms with Crippen LogP contribution in [-0.4, -0.2) is 30.1 Å². The molecule has 5 rings (SSSR count). The van der Waals surface area contributed by atoms with Crippen LogP contribution in [0.4, 0.5) is 0 Å². The summed E-state index contributed by atoms with van der Waals surface area (Å²) in [5, 5.41) is 5.18. The topological polar surface area (TPSA) is 74.9 Å². The Bertz CT molecular complexity index is 2010. The number of nitrogens with zero attached hydrogens (tertiary/aromatic N) is 3. The molecule has 5 aromatic rings. The molecule has 0 aliphatic heterocycles. The zero-order chi connectivity index (χ0) is 32.4. The van der Waals surface area contributed by atoms with Gasteiger partial charge in [-0.1, -0.05) is 63.9 Å². The SMILES string of the molecule is COc1cc(C)c(-c2nc3ccccc3c(=O)n2N=Cc2cc(OC)c(OCc3ccc(Br)cc3Br)c(Br)c2Br)cc1C(C)C. The lowest BCUT2D eigenvalue weighted by molar-refractivity contribution is 0.281. The van der Waals surface area contributed by atoms with Crippen molar-refractivity contribution in [2.24, 2.45) is 5.10 Å². The number of methoxy groups -OCH3 is 2. The Labute approximate surface area is 295 Å². The fourth-order valence-electron chi connectivity index (χ4n) is 4.87. The van der Waals surface area contributed by atoms with Crippen LogP contribution in [0.25, 0.3) is 22.3 Å². The van der Waals surface area contributed by atoms with Gasteiger partial charge in [-0.2, -0.15) is 9.78 Å². The fraction of sp³-hybridized carbons (Fsp3) is 0.206. The van der Waals surface area contributed by atoms with Gasteiger partial charge in [0.15, 0.2) is 17.3 Å². The quantitative estimate of drug-likeness (QED) is 0.138. The molecule has 0 atom stereocenters. The predicted molar refractivity (Wildman–Crippen MR) is 194 cm³/mol. The van der Waals surface area contributed by atoms with Gasteiger partial charge in [0.25, 0.3) is 5.56 Å². The molecule has 1 heterocycles. The molecular weight excluding hydrogens is 834 g/mol. The third-order valence-electron chi connectivity index (χ3n) is 7.27. The van der Waals surface area contributed by atoms with Gasteiger partial charge in [-0.3, -0.25) is 4.79 Å². The maximum Gasteiger partial charge on any atom is 0.282 e. The van der Waals surface area contributed by atoms with Crippen LogP contribution in [0.1, 0.15) is 42.0 Å². The van der Waals surface area contributed by atoms with Gasteiger partial charge >= 0.3 is 0 Å². The summed E-state index contributed by atoms with van der Waals surface area (Å²) in [5.41, 5.74) is 4.66. The minimum atomic E-state index is -0.282. The largest absolute Gasteiger partial charge is 0.496 e. The number of aryl methyl sites for hydroxylation is 1. The van der Waals surface area contributed by atoms with Crippen molar-refractivity contribution in [3.05, 3.63) is 111 Å². The number of hydrogen-bond donors (Lipinski definition) is 0. The molecule has 45 heavy (non-hydrogen) atoms. The molecule has 0 spiro atoms. The molecule has 0 fully saturated rings. The molecule has 0 amide bonds. The monoisotopic (exact) mass is 859 g/mol. The predicted octanol–water partition coefficient (Wildman–Crippen LogP) is 10.0. The van der Waals surface area contributed by atoms with E-state index in [1.807, 2.05) is 55.5 Å². The number of benzene rings is 4. The highest BCUT2D eigenvalue weighted by atomic mass is 79.9. The second-order valence-electron chi connectivity index (χ2n) is 10.5. The van der Waals surface area contributed by atoms with E-state index in [1.165, 1.54) is 4.68 Å². The van der Waals surface area contributed by atoms with Crippen LogP contribution in [0.3, 0.4) is 0 Å². The zero-order valence-corrected chi connectivity index (χ0v) is 31.5. The number of aromatic nitrogens is 2. The minimum Gasteiger partial charge on any atom is -0.496 e. The van der Waals surface area contributed by atoms with Crippen LogP contribution < -0.4 is 19.8 Å². The van der Waals surface area contributed by atoms with Crippen LogP contribution in [0.5, 0.6) is 17.2 Å². The van der Waals surface area contributed by atoms with Crippen molar-refractivity contribution in [2.75, 3.05) is 14.2 Å². The summed E-state index contributed by atoms with van der Waals surface area (Å²) >= 11 is 14.4. The molecule has 4 aromatic carbocycles. The lowest BCUT2D eigenvalue weighted by Crippen LogP contribution is -2.21. The molecule has 11 heteroatoms. The number of ether oxygens (including phenoxy) is 3. The van der Waals surface area contributed by atoms with Crippen LogP contribution in [0.2, 0.25) is 0 Å². The van der Waals surface area contributed by atoms with Crippen LogP contribution in [0.15, 0.2) is 88.5 Å². The molecule has 0 radical (unpaired) electrons. The number of para-hydroxylation sites is 1. The maximum absolute atomic E-state index is 13.9. The number of halogens is 4. The zero-order valence-electron chi connectivity index (χ0n) is 25.1. The van der Waals surface area contributed by atoms with E-state index >= 15 is 0 Å². The Balaban J connectivity index is 1.61. The lowest BCUT2D eigenvalue weighted by atomic mass is 9.96. The Morgan fingerprint density at radius 2 is 1.67 bits per heavy atom. The third-order valence-corrected chi connectivity index (χ3v) is 10.6. The van der Waals surface area contributed by atoms with Crippen LogP contribution >= 0.6 is 63.7 Å². The first-order valence-corrected chi connectivity index (χ1v) is 17.1. The summed E-state index contributed by atoms with van der Waals surface area (Å²) in [6, 6.07) is 19.0. The smallest absolute Gasteiger partial charge is 0.282 e. The normalized spacial score (nSPS) is 11.5. The van der Waals surface area contributed by atoms with E-state index in [0.717, 1.165) is 36.9 Å². The Morgan fingerprint density at radius 1 is 0.933 bits per heavy atom. The van der Waals surface area contributed by atoms with E-state index in [1.54, 1.807) is 32.6 Å². The highest BCUT2D eigenvalue weighted by Gasteiger charge is 2.20. The van der Waals surface area contributed by atoms with Gasteiger partial charge in [-0.15, -0.1) is 0 Å². The highest BCUT2D eigenvalue weighted by molar-refractivity contribution is 9.13. The summed E-state index contributed by atoms with van der Waals surface area (Å²) in [6.07, 6.45) is 1.61. The van der Waals surface area contributed by atoms with Crippen LogP contribution in [-0.2, 0) is 6.61 Å². The molecule has 7 nitrogen and oxygen atoms in total. The Kier molecular flexibility index (Phi) is 10.5. The number of fused-ring (bicyclic) bond motifs is 1. The van der Waals surface area contributed by atoms with Crippen molar-refractivity contribution < 1.29 is 14.2 Å².